The summed E-state index contributed by atoms with van der Waals surface area (Å²) in [6.45, 7) is 0.520. The Kier molecular flexibility index (Phi) is 4.25. The molecule has 2 aromatic carbocycles. The van der Waals surface area contributed by atoms with Crippen LogP contribution in [0.2, 0.25) is 0 Å². The van der Waals surface area contributed by atoms with E-state index in [0.29, 0.717) is 18.9 Å². The van der Waals surface area contributed by atoms with Crippen molar-refractivity contribution < 1.29 is 4.74 Å². The fourth-order valence-electron chi connectivity index (χ4n) is 2.11. The summed E-state index contributed by atoms with van der Waals surface area (Å²) in [5.41, 5.74) is 1.87. The number of aromatic amines is 1. The Morgan fingerprint density at radius 1 is 1.00 bits per heavy atom. The second-order valence-corrected chi connectivity index (χ2v) is 4.88. The SMILES string of the molecule is O=c1cnnc(Cc2cccc(OCc3ccccc3)c2)[nH]1. The molecular formula is C17H15N3O2. The summed E-state index contributed by atoms with van der Waals surface area (Å²) in [6, 6.07) is 17.7. The largest absolute Gasteiger partial charge is 0.489 e. The first-order chi connectivity index (χ1) is 10.8. The molecule has 0 atom stereocenters. The summed E-state index contributed by atoms with van der Waals surface area (Å²) in [5, 5.41) is 7.57. The highest BCUT2D eigenvalue weighted by Crippen LogP contribution is 2.16. The molecule has 0 aliphatic carbocycles. The Hall–Kier alpha value is -2.95. The minimum atomic E-state index is -0.249. The van der Waals surface area contributed by atoms with Gasteiger partial charge in [0.2, 0.25) is 0 Å². The highest BCUT2D eigenvalue weighted by Gasteiger charge is 2.02. The molecule has 110 valence electrons. The van der Waals surface area contributed by atoms with Crippen molar-refractivity contribution in [2.45, 2.75) is 13.0 Å². The smallest absolute Gasteiger partial charge is 0.269 e. The van der Waals surface area contributed by atoms with Gasteiger partial charge < -0.3 is 9.72 Å². The summed E-state index contributed by atoms with van der Waals surface area (Å²) < 4.78 is 5.79. The molecule has 5 nitrogen and oxygen atoms in total. The van der Waals surface area contributed by atoms with Gasteiger partial charge in [-0.05, 0) is 23.3 Å². The van der Waals surface area contributed by atoms with Crippen molar-refractivity contribution in [3.05, 3.63) is 88.1 Å². The number of nitrogens with zero attached hydrogens (tertiary/aromatic N) is 2. The molecule has 0 amide bonds. The first-order valence-corrected chi connectivity index (χ1v) is 6.96. The molecule has 0 radical (unpaired) electrons. The Balaban J connectivity index is 1.68. The molecule has 0 saturated carbocycles. The molecule has 0 saturated heterocycles. The van der Waals surface area contributed by atoms with Gasteiger partial charge in [-0.25, -0.2) is 0 Å². The molecule has 0 aliphatic heterocycles. The third kappa shape index (κ3) is 3.79. The van der Waals surface area contributed by atoms with Crippen molar-refractivity contribution in [1.82, 2.24) is 15.2 Å². The van der Waals surface area contributed by atoms with Gasteiger partial charge in [0.1, 0.15) is 24.4 Å². The molecule has 22 heavy (non-hydrogen) atoms. The quantitative estimate of drug-likeness (QED) is 0.784. The lowest BCUT2D eigenvalue weighted by Crippen LogP contribution is -2.11. The molecule has 0 spiro atoms. The number of nitrogens with one attached hydrogen (secondary N) is 1. The number of benzene rings is 2. The Bertz CT molecular complexity index is 800. The Labute approximate surface area is 127 Å². The van der Waals surface area contributed by atoms with E-state index in [4.69, 9.17) is 4.74 Å². The maximum atomic E-state index is 11.2. The fourth-order valence-corrected chi connectivity index (χ4v) is 2.11. The van der Waals surface area contributed by atoms with Crippen molar-refractivity contribution in [3.63, 3.8) is 0 Å². The summed E-state index contributed by atoms with van der Waals surface area (Å²) in [4.78, 5) is 13.9. The number of aromatic nitrogens is 3. The van der Waals surface area contributed by atoms with Crippen LogP contribution in [-0.2, 0) is 13.0 Å². The lowest BCUT2D eigenvalue weighted by Gasteiger charge is -2.08. The Morgan fingerprint density at radius 3 is 2.64 bits per heavy atom. The van der Waals surface area contributed by atoms with E-state index < -0.39 is 0 Å². The van der Waals surface area contributed by atoms with Gasteiger partial charge in [-0.2, -0.15) is 5.10 Å². The minimum absolute atomic E-state index is 0.249. The van der Waals surface area contributed by atoms with E-state index >= 15 is 0 Å². The fraction of sp³-hybridized carbons (Fsp3) is 0.118. The summed E-state index contributed by atoms with van der Waals surface area (Å²) >= 11 is 0. The van der Waals surface area contributed by atoms with E-state index in [2.05, 4.69) is 15.2 Å². The second kappa shape index (κ2) is 6.67. The summed E-state index contributed by atoms with van der Waals surface area (Å²) in [7, 11) is 0. The number of hydrogen-bond donors (Lipinski definition) is 1. The van der Waals surface area contributed by atoms with Gasteiger partial charge in [0.25, 0.3) is 5.56 Å². The van der Waals surface area contributed by atoms with E-state index in [1.807, 2.05) is 54.6 Å². The molecule has 0 bridgehead atoms. The molecule has 5 heteroatoms. The van der Waals surface area contributed by atoms with Crippen LogP contribution in [0.25, 0.3) is 0 Å². The first-order valence-electron chi connectivity index (χ1n) is 6.96. The van der Waals surface area contributed by atoms with Gasteiger partial charge in [-0.1, -0.05) is 42.5 Å². The van der Waals surface area contributed by atoms with Crippen LogP contribution < -0.4 is 10.3 Å². The van der Waals surface area contributed by atoms with E-state index in [1.165, 1.54) is 0 Å². The second-order valence-electron chi connectivity index (χ2n) is 4.88. The monoisotopic (exact) mass is 293 g/mol. The molecule has 1 aromatic heterocycles. The zero-order valence-electron chi connectivity index (χ0n) is 11.9. The highest BCUT2D eigenvalue weighted by atomic mass is 16.5. The number of H-pyrrole nitrogens is 1. The van der Waals surface area contributed by atoms with Gasteiger partial charge >= 0.3 is 0 Å². The average Bonchev–Trinajstić information content (AvgIpc) is 2.54. The third-order valence-electron chi connectivity index (χ3n) is 3.14. The molecule has 1 N–H and O–H groups in total. The molecule has 3 aromatic rings. The molecule has 0 aliphatic rings. The zero-order valence-corrected chi connectivity index (χ0v) is 11.9. The van der Waals surface area contributed by atoms with Crippen molar-refractivity contribution in [3.8, 4) is 5.75 Å². The van der Waals surface area contributed by atoms with Crippen molar-refractivity contribution in [2.75, 3.05) is 0 Å². The standard InChI is InChI=1S/C17H15N3O2/c21-17-11-18-20-16(19-17)10-14-7-4-8-15(9-14)22-12-13-5-2-1-3-6-13/h1-9,11H,10,12H2,(H,19,20,21). The van der Waals surface area contributed by atoms with E-state index in [0.717, 1.165) is 23.1 Å². The van der Waals surface area contributed by atoms with Crippen LogP contribution in [0.1, 0.15) is 17.0 Å². The van der Waals surface area contributed by atoms with Gasteiger partial charge in [0, 0.05) is 6.42 Å². The van der Waals surface area contributed by atoms with E-state index in [9.17, 15) is 4.79 Å². The number of hydrogen-bond acceptors (Lipinski definition) is 4. The molecule has 0 fully saturated rings. The zero-order chi connectivity index (χ0) is 15.2. The molecule has 1 heterocycles. The van der Waals surface area contributed by atoms with Gasteiger partial charge in [0.05, 0.1) is 0 Å². The van der Waals surface area contributed by atoms with Crippen LogP contribution in [0.15, 0.2) is 65.6 Å². The maximum Gasteiger partial charge on any atom is 0.269 e. The summed E-state index contributed by atoms with van der Waals surface area (Å²) in [6.07, 6.45) is 1.66. The van der Waals surface area contributed by atoms with Gasteiger partial charge in [-0.3, -0.25) is 4.79 Å². The number of ether oxygens (including phenoxy) is 1. The maximum absolute atomic E-state index is 11.2. The van der Waals surface area contributed by atoms with Gasteiger partial charge in [-0.15, -0.1) is 5.10 Å². The van der Waals surface area contributed by atoms with Crippen LogP contribution >= 0.6 is 0 Å². The third-order valence-corrected chi connectivity index (χ3v) is 3.14. The first kappa shape index (κ1) is 14.0. The summed E-state index contributed by atoms with van der Waals surface area (Å²) in [5.74, 6) is 1.32. The molecule has 3 rings (SSSR count). The number of rotatable bonds is 5. The Morgan fingerprint density at radius 2 is 1.82 bits per heavy atom. The van der Waals surface area contributed by atoms with Crippen molar-refractivity contribution >= 4 is 0 Å². The predicted molar refractivity (Wildman–Crippen MR) is 82.7 cm³/mol. The highest BCUT2D eigenvalue weighted by molar-refractivity contribution is 5.30. The molecular weight excluding hydrogens is 278 g/mol. The van der Waals surface area contributed by atoms with Crippen LogP contribution in [0.3, 0.4) is 0 Å². The van der Waals surface area contributed by atoms with Crippen LogP contribution in [0, 0.1) is 0 Å². The van der Waals surface area contributed by atoms with E-state index in [1.54, 1.807) is 0 Å². The van der Waals surface area contributed by atoms with Crippen LogP contribution in [0.4, 0.5) is 0 Å². The van der Waals surface area contributed by atoms with Crippen LogP contribution in [0.5, 0.6) is 5.75 Å². The predicted octanol–water partition coefficient (Wildman–Crippen LogP) is 2.33. The normalized spacial score (nSPS) is 10.4. The van der Waals surface area contributed by atoms with Gasteiger partial charge in [0.15, 0.2) is 0 Å². The van der Waals surface area contributed by atoms with Crippen molar-refractivity contribution in [1.29, 1.82) is 0 Å². The van der Waals surface area contributed by atoms with E-state index in [-0.39, 0.29) is 5.56 Å². The molecule has 0 unspecified atom stereocenters. The topological polar surface area (TPSA) is 67.9 Å². The van der Waals surface area contributed by atoms with Crippen molar-refractivity contribution in [2.24, 2.45) is 0 Å². The average molecular weight is 293 g/mol. The minimum Gasteiger partial charge on any atom is -0.489 e. The van der Waals surface area contributed by atoms with Crippen LogP contribution in [-0.4, -0.2) is 15.2 Å². The lowest BCUT2D eigenvalue weighted by atomic mass is 10.1. The lowest BCUT2D eigenvalue weighted by molar-refractivity contribution is 0.306.